The van der Waals surface area contributed by atoms with Gasteiger partial charge < -0.3 is 15.1 Å². The second kappa shape index (κ2) is 4.94. The van der Waals surface area contributed by atoms with Gasteiger partial charge in [-0.25, -0.2) is 0 Å². The largest absolute Gasteiger partial charge is 0.343 e. The summed E-state index contributed by atoms with van der Waals surface area (Å²) in [5, 5.41) is 3.28. The van der Waals surface area contributed by atoms with Crippen molar-refractivity contribution in [1.82, 2.24) is 15.1 Å². The van der Waals surface area contributed by atoms with Crippen LogP contribution in [0.5, 0.6) is 0 Å². The van der Waals surface area contributed by atoms with Crippen LogP contribution in [0.2, 0.25) is 0 Å². The third-order valence-electron chi connectivity index (χ3n) is 4.50. The number of rotatable bonds is 4. The molecule has 1 heterocycles. The van der Waals surface area contributed by atoms with Crippen LogP contribution in [0.4, 0.5) is 0 Å². The minimum absolute atomic E-state index is 0.0688. The van der Waals surface area contributed by atoms with Gasteiger partial charge in [0, 0.05) is 19.1 Å². The molecule has 0 spiro atoms. The molecule has 1 aliphatic carbocycles. The summed E-state index contributed by atoms with van der Waals surface area (Å²) in [7, 11) is 6.21. The van der Waals surface area contributed by atoms with Gasteiger partial charge in [-0.2, -0.15) is 0 Å². The molecule has 1 atom stereocenters. The Morgan fingerprint density at radius 2 is 2.00 bits per heavy atom. The van der Waals surface area contributed by atoms with E-state index in [4.69, 9.17) is 0 Å². The highest BCUT2D eigenvalue weighted by atomic mass is 16.2. The van der Waals surface area contributed by atoms with Gasteiger partial charge in [0.05, 0.1) is 6.04 Å². The molecule has 1 saturated heterocycles. The zero-order valence-corrected chi connectivity index (χ0v) is 11.3. The molecule has 1 N–H and O–H groups in total. The van der Waals surface area contributed by atoms with E-state index < -0.39 is 0 Å². The highest BCUT2D eigenvalue weighted by Crippen LogP contribution is 2.36. The van der Waals surface area contributed by atoms with Crippen molar-refractivity contribution in [2.45, 2.75) is 43.7 Å². The number of carbonyl (C=O) groups is 1. The fourth-order valence-corrected chi connectivity index (χ4v) is 3.01. The van der Waals surface area contributed by atoms with Crippen molar-refractivity contribution in [3.8, 4) is 0 Å². The summed E-state index contributed by atoms with van der Waals surface area (Å²) in [5.74, 6) is 0.274. The highest BCUT2D eigenvalue weighted by molar-refractivity contribution is 5.82. The van der Waals surface area contributed by atoms with Gasteiger partial charge in [0.25, 0.3) is 0 Å². The Morgan fingerprint density at radius 1 is 1.29 bits per heavy atom. The van der Waals surface area contributed by atoms with E-state index in [-0.39, 0.29) is 17.5 Å². The van der Waals surface area contributed by atoms with Gasteiger partial charge in [0.2, 0.25) is 5.91 Å². The molecule has 0 bridgehead atoms. The van der Waals surface area contributed by atoms with E-state index >= 15 is 0 Å². The van der Waals surface area contributed by atoms with Crippen LogP contribution in [0.3, 0.4) is 0 Å². The van der Waals surface area contributed by atoms with Gasteiger partial charge in [-0.1, -0.05) is 0 Å². The summed E-state index contributed by atoms with van der Waals surface area (Å²) < 4.78 is 0. The molecule has 4 nitrogen and oxygen atoms in total. The maximum atomic E-state index is 12.2. The number of carbonyl (C=O) groups excluding carboxylic acids is 1. The summed E-state index contributed by atoms with van der Waals surface area (Å²) >= 11 is 0. The number of likely N-dealkylation sites (N-methyl/N-ethyl adjacent to an activating group) is 2. The van der Waals surface area contributed by atoms with Crippen LogP contribution in [-0.4, -0.2) is 61.5 Å². The number of hydrogen-bond acceptors (Lipinski definition) is 3. The van der Waals surface area contributed by atoms with Crippen molar-refractivity contribution in [2.75, 3.05) is 34.2 Å². The lowest BCUT2D eigenvalue weighted by Gasteiger charge is -2.49. The predicted molar refractivity (Wildman–Crippen MR) is 68.9 cm³/mol. The third kappa shape index (κ3) is 2.47. The van der Waals surface area contributed by atoms with Gasteiger partial charge in [-0.05, 0) is 52.7 Å². The minimum Gasteiger partial charge on any atom is -0.343 e. The zero-order chi connectivity index (χ0) is 12.5. The summed E-state index contributed by atoms with van der Waals surface area (Å²) in [5.41, 5.74) is 0.239. The molecule has 1 saturated carbocycles. The van der Waals surface area contributed by atoms with E-state index in [0.717, 1.165) is 25.9 Å². The van der Waals surface area contributed by atoms with Gasteiger partial charge in [0.1, 0.15) is 0 Å². The first kappa shape index (κ1) is 12.8. The second-order valence-electron chi connectivity index (χ2n) is 5.82. The van der Waals surface area contributed by atoms with Crippen molar-refractivity contribution in [2.24, 2.45) is 0 Å². The average molecular weight is 239 g/mol. The van der Waals surface area contributed by atoms with E-state index in [1.54, 1.807) is 0 Å². The van der Waals surface area contributed by atoms with Crippen LogP contribution >= 0.6 is 0 Å². The molecule has 0 unspecified atom stereocenters. The van der Waals surface area contributed by atoms with Crippen LogP contribution < -0.4 is 5.32 Å². The molecule has 4 heteroatoms. The Balaban J connectivity index is 1.91. The second-order valence-corrected chi connectivity index (χ2v) is 5.82. The predicted octanol–water partition coefficient (Wildman–Crippen LogP) is 0.681. The third-order valence-corrected chi connectivity index (χ3v) is 4.50. The molecule has 17 heavy (non-hydrogen) atoms. The zero-order valence-electron chi connectivity index (χ0n) is 11.3. The van der Waals surface area contributed by atoms with Crippen LogP contribution in [0.15, 0.2) is 0 Å². The maximum Gasteiger partial charge on any atom is 0.239 e. The van der Waals surface area contributed by atoms with Crippen molar-refractivity contribution < 1.29 is 4.79 Å². The van der Waals surface area contributed by atoms with Crippen molar-refractivity contribution in [1.29, 1.82) is 0 Å². The van der Waals surface area contributed by atoms with Crippen LogP contribution in [0, 0.1) is 0 Å². The van der Waals surface area contributed by atoms with Gasteiger partial charge in [-0.3, -0.25) is 4.79 Å². The highest BCUT2D eigenvalue weighted by Gasteiger charge is 2.41. The molecule has 98 valence electrons. The lowest BCUT2D eigenvalue weighted by Crippen LogP contribution is -2.58. The first-order chi connectivity index (χ1) is 8.05. The molecule has 0 aromatic heterocycles. The lowest BCUT2D eigenvalue weighted by atomic mass is 9.75. The molecular weight excluding hydrogens is 214 g/mol. The molecule has 1 amide bonds. The van der Waals surface area contributed by atoms with Crippen molar-refractivity contribution in [3.63, 3.8) is 0 Å². The van der Waals surface area contributed by atoms with E-state index in [1.165, 1.54) is 19.3 Å². The Morgan fingerprint density at radius 3 is 2.41 bits per heavy atom. The summed E-state index contributed by atoms with van der Waals surface area (Å²) in [6.45, 7) is 1.86. The fraction of sp³-hybridized carbons (Fsp3) is 0.923. The Hall–Kier alpha value is -0.610. The number of hydrogen-bond donors (Lipinski definition) is 1. The molecular formula is C13H25N3O. The van der Waals surface area contributed by atoms with Gasteiger partial charge in [-0.15, -0.1) is 0 Å². The van der Waals surface area contributed by atoms with Crippen LogP contribution in [-0.2, 0) is 4.79 Å². The van der Waals surface area contributed by atoms with E-state index in [1.807, 2.05) is 11.9 Å². The standard InChI is InChI=1S/C13H25N3O/c1-15(2)13(7-5-8-13)10-16(3)12(17)11-6-4-9-14-11/h11,14H,4-10H2,1-3H3/t11-/m0/s1. The monoisotopic (exact) mass is 239 g/mol. The first-order valence-corrected chi connectivity index (χ1v) is 6.71. The Bertz CT molecular complexity index is 280. The Labute approximate surface area is 104 Å². The Kier molecular flexibility index (Phi) is 3.73. The molecule has 0 aromatic rings. The normalized spacial score (nSPS) is 26.9. The molecule has 1 aliphatic heterocycles. The summed E-state index contributed by atoms with van der Waals surface area (Å²) in [6, 6.07) is 0.0688. The average Bonchev–Trinajstić information content (AvgIpc) is 2.74. The van der Waals surface area contributed by atoms with Gasteiger partial charge >= 0.3 is 0 Å². The smallest absolute Gasteiger partial charge is 0.239 e. The minimum atomic E-state index is 0.0688. The van der Waals surface area contributed by atoms with Crippen LogP contribution in [0.1, 0.15) is 32.1 Å². The fourth-order valence-electron chi connectivity index (χ4n) is 3.01. The number of nitrogens with one attached hydrogen (secondary N) is 1. The molecule has 2 fully saturated rings. The first-order valence-electron chi connectivity index (χ1n) is 6.71. The van der Waals surface area contributed by atoms with Crippen molar-refractivity contribution >= 4 is 5.91 Å². The summed E-state index contributed by atoms with van der Waals surface area (Å²) in [4.78, 5) is 16.5. The number of amides is 1. The molecule has 0 radical (unpaired) electrons. The van der Waals surface area contributed by atoms with Crippen LogP contribution in [0.25, 0.3) is 0 Å². The number of nitrogens with zero attached hydrogens (tertiary/aromatic N) is 2. The maximum absolute atomic E-state index is 12.2. The summed E-state index contributed by atoms with van der Waals surface area (Å²) in [6.07, 6.45) is 5.86. The van der Waals surface area contributed by atoms with Crippen molar-refractivity contribution in [3.05, 3.63) is 0 Å². The van der Waals surface area contributed by atoms with E-state index in [2.05, 4.69) is 24.3 Å². The lowest BCUT2D eigenvalue weighted by molar-refractivity contribution is -0.134. The molecule has 0 aromatic carbocycles. The van der Waals surface area contributed by atoms with Gasteiger partial charge in [0.15, 0.2) is 0 Å². The van der Waals surface area contributed by atoms with E-state index in [9.17, 15) is 4.79 Å². The molecule has 2 rings (SSSR count). The quantitative estimate of drug-likeness (QED) is 0.784. The topological polar surface area (TPSA) is 35.6 Å². The molecule has 2 aliphatic rings. The van der Waals surface area contributed by atoms with E-state index in [0.29, 0.717) is 0 Å². The SMILES string of the molecule is CN(CC1(N(C)C)CCC1)C(=O)[C@@H]1CCCN1.